The SMILES string of the molecule is O=C(CCOC1CCNCC1)N1CC(O)C(O)C1. The summed E-state index contributed by atoms with van der Waals surface area (Å²) in [5.41, 5.74) is 0. The summed E-state index contributed by atoms with van der Waals surface area (Å²) in [7, 11) is 0. The Morgan fingerprint density at radius 3 is 2.44 bits per heavy atom. The van der Waals surface area contributed by atoms with E-state index in [1.807, 2.05) is 0 Å². The van der Waals surface area contributed by atoms with E-state index in [1.54, 1.807) is 0 Å². The van der Waals surface area contributed by atoms with E-state index in [9.17, 15) is 15.0 Å². The molecule has 2 saturated heterocycles. The van der Waals surface area contributed by atoms with E-state index in [0.717, 1.165) is 25.9 Å². The van der Waals surface area contributed by atoms with Crippen LogP contribution in [0.5, 0.6) is 0 Å². The highest BCUT2D eigenvalue weighted by Gasteiger charge is 2.32. The van der Waals surface area contributed by atoms with Crippen molar-refractivity contribution < 1.29 is 19.7 Å². The molecule has 2 rings (SSSR count). The fourth-order valence-corrected chi connectivity index (χ4v) is 2.41. The Hall–Kier alpha value is -0.690. The lowest BCUT2D eigenvalue weighted by atomic mass is 10.1. The highest BCUT2D eigenvalue weighted by atomic mass is 16.5. The summed E-state index contributed by atoms with van der Waals surface area (Å²) in [6.07, 6.45) is 0.959. The number of amides is 1. The van der Waals surface area contributed by atoms with Gasteiger partial charge in [0.25, 0.3) is 0 Å². The van der Waals surface area contributed by atoms with Crippen molar-refractivity contribution in [3.8, 4) is 0 Å². The predicted octanol–water partition coefficient (Wildman–Crippen LogP) is -1.29. The van der Waals surface area contributed by atoms with Gasteiger partial charge in [0, 0.05) is 13.1 Å². The molecular formula is C12H22N2O4. The Bertz CT molecular complexity index is 271. The van der Waals surface area contributed by atoms with Crippen LogP contribution in [-0.4, -0.2) is 72.1 Å². The van der Waals surface area contributed by atoms with E-state index < -0.39 is 12.2 Å². The van der Waals surface area contributed by atoms with Gasteiger partial charge in [-0.3, -0.25) is 4.79 Å². The van der Waals surface area contributed by atoms with Gasteiger partial charge >= 0.3 is 0 Å². The van der Waals surface area contributed by atoms with Crippen molar-refractivity contribution in [3.63, 3.8) is 0 Å². The average Bonchev–Trinajstić information content (AvgIpc) is 2.71. The Labute approximate surface area is 107 Å². The zero-order valence-corrected chi connectivity index (χ0v) is 10.5. The number of nitrogens with zero attached hydrogens (tertiary/aromatic N) is 1. The third kappa shape index (κ3) is 3.65. The van der Waals surface area contributed by atoms with Crippen LogP contribution in [0.3, 0.4) is 0 Å². The number of hydrogen-bond acceptors (Lipinski definition) is 5. The molecule has 0 saturated carbocycles. The van der Waals surface area contributed by atoms with E-state index in [2.05, 4.69) is 5.32 Å². The molecule has 0 aromatic heterocycles. The standard InChI is InChI=1S/C12H22N2O4/c15-10-7-14(8-11(10)16)12(17)3-6-18-9-1-4-13-5-2-9/h9-11,13,15-16H,1-8H2. The summed E-state index contributed by atoms with van der Waals surface area (Å²) in [5.74, 6) is -0.0560. The lowest BCUT2D eigenvalue weighted by molar-refractivity contribution is -0.132. The van der Waals surface area contributed by atoms with Crippen molar-refractivity contribution in [2.45, 2.75) is 37.6 Å². The molecule has 18 heavy (non-hydrogen) atoms. The minimum Gasteiger partial charge on any atom is -0.388 e. The van der Waals surface area contributed by atoms with E-state index in [4.69, 9.17) is 4.74 Å². The number of carbonyl (C=O) groups excluding carboxylic acids is 1. The molecule has 0 aromatic carbocycles. The van der Waals surface area contributed by atoms with Gasteiger partial charge in [0.1, 0.15) is 0 Å². The Kier molecular flexibility index (Phi) is 4.94. The maximum absolute atomic E-state index is 11.8. The summed E-state index contributed by atoms with van der Waals surface area (Å²) >= 11 is 0. The largest absolute Gasteiger partial charge is 0.388 e. The van der Waals surface area contributed by atoms with Crippen molar-refractivity contribution in [1.29, 1.82) is 0 Å². The first kappa shape index (κ1) is 13.7. The molecule has 6 nitrogen and oxygen atoms in total. The van der Waals surface area contributed by atoms with Gasteiger partial charge in [-0.2, -0.15) is 0 Å². The van der Waals surface area contributed by atoms with Crippen LogP contribution < -0.4 is 5.32 Å². The molecule has 104 valence electrons. The van der Waals surface area contributed by atoms with Crippen LogP contribution in [-0.2, 0) is 9.53 Å². The number of likely N-dealkylation sites (tertiary alicyclic amines) is 1. The van der Waals surface area contributed by atoms with Gasteiger partial charge in [0.05, 0.1) is 31.3 Å². The summed E-state index contributed by atoms with van der Waals surface area (Å²) in [6, 6.07) is 0. The number of aliphatic hydroxyl groups is 2. The van der Waals surface area contributed by atoms with E-state index >= 15 is 0 Å². The molecule has 2 unspecified atom stereocenters. The maximum Gasteiger partial charge on any atom is 0.225 e. The van der Waals surface area contributed by atoms with Crippen LogP contribution in [0, 0.1) is 0 Å². The molecule has 0 aliphatic carbocycles. The number of nitrogens with one attached hydrogen (secondary N) is 1. The van der Waals surface area contributed by atoms with Crippen LogP contribution in [0.2, 0.25) is 0 Å². The first-order chi connectivity index (χ1) is 8.66. The molecule has 2 fully saturated rings. The molecule has 2 aliphatic heterocycles. The molecule has 0 aromatic rings. The molecule has 2 atom stereocenters. The zero-order chi connectivity index (χ0) is 13.0. The predicted molar refractivity (Wildman–Crippen MR) is 65.1 cm³/mol. The number of ether oxygens (including phenoxy) is 1. The van der Waals surface area contributed by atoms with E-state index in [-0.39, 0.29) is 25.1 Å². The molecule has 3 N–H and O–H groups in total. The van der Waals surface area contributed by atoms with Crippen LogP contribution in [0.4, 0.5) is 0 Å². The lowest BCUT2D eigenvalue weighted by Crippen LogP contribution is -2.34. The lowest BCUT2D eigenvalue weighted by Gasteiger charge is -2.23. The molecule has 0 bridgehead atoms. The van der Waals surface area contributed by atoms with Crippen molar-refractivity contribution in [2.75, 3.05) is 32.8 Å². The minimum absolute atomic E-state index is 0.0560. The van der Waals surface area contributed by atoms with Crippen LogP contribution in [0.25, 0.3) is 0 Å². The minimum atomic E-state index is -0.806. The topological polar surface area (TPSA) is 82.0 Å². The van der Waals surface area contributed by atoms with E-state index in [1.165, 1.54) is 4.90 Å². The van der Waals surface area contributed by atoms with Crippen molar-refractivity contribution in [1.82, 2.24) is 10.2 Å². The fraction of sp³-hybridized carbons (Fsp3) is 0.917. The normalized spacial score (nSPS) is 29.8. The number of rotatable bonds is 4. The Morgan fingerprint density at radius 1 is 1.22 bits per heavy atom. The molecular weight excluding hydrogens is 236 g/mol. The van der Waals surface area contributed by atoms with Gasteiger partial charge in [0.2, 0.25) is 5.91 Å². The number of piperidine rings is 1. The fourth-order valence-electron chi connectivity index (χ4n) is 2.41. The highest BCUT2D eigenvalue weighted by Crippen LogP contribution is 2.12. The zero-order valence-electron chi connectivity index (χ0n) is 10.5. The summed E-state index contributed by atoms with van der Waals surface area (Å²) in [6.45, 7) is 2.83. The maximum atomic E-state index is 11.8. The van der Waals surface area contributed by atoms with Crippen molar-refractivity contribution in [2.24, 2.45) is 0 Å². The van der Waals surface area contributed by atoms with Gasteiger partial charge in [-0.15, -0.1) is 0 Å². The monoisotopic (exact) mass is 258 g/mol. The van der Waals surface area contributed by atoms with E-state index in [0.29, 0.717) is 13.0 Å². The Balaban J connectivity index is 1.62. The number of hydrogen-bond donors (Lipinski definition) is 3. The highest BCUT2D eigenvalue weighted by molar-refractivity contribution is 5.76. The molecule has 0 spiro atoms. The number of aliphatic hydroxyl groups excluding tert-OH is 2. The first-order valence-electron chi connectivity index (χ1n) is 6.63. The van der Waals surface area contributed by atoms with Crippen LogP contribution in [0.1, 0.15) is 19.3 Å². The third-order valence-corrected chi connectivity index (χ3v) is 3.57. The smallest absolute Gasteiger partial charge is 0.225 e. The number of carbonyl (C=O) groups is 1. The van der Waals surface area contributed by atoms with Crippen LogP contribution >= 0.6 is 0 Å². The first-order valence-corrected chi connectivity index (χ1v) is 6.63. The van der Waals surface area contributed by atoms with Gasteiger partial charge < -0.3 is 25.2 Å². The second-order valence-electron chi connectivity index (χ2n) is 5.00. The third-order valence-electron chi connectivity index (χ3n) is 3.57. The summed E-state index contributed by atoms with van der Waals surface area (Å²) < 4.78 is 5.65. The van der Waals surface area contributed by atoms with Crippen molar-refractivity contribution in [3.05, 3.63) is 0 Å². The van der Waals surface area contributed by atoms with Gasteiger partial charge in [-0.25, -0.2) is 0 Å². The number of β-amino-alcohol motifs (C(OH)–C–C–N with tert-alkyl or cyclic N) is 2. The second kappa shape index (κ2) is 6.47. The molecule has 1 amide bonds. The second-order valence-corrected chi connectivity index (χ2v) is 5.00. The molecule has 2 heterocycles. The summed E-state index contributed by atoms with van der Waals surface area (Å²) in [4.78, 5) is 13.3. The van der Waals surface area contributed by atoms with Gasteiger partial charge in [-0.05, 0) is 25.9 Å². The molecule has 0 radical (unpaired) electrons. The Morgan fingerprint density at radius 2 is 1.83 bits per heavy atom. The molecule has 2 aliphatic rings. The van der Waals surface area contributed by atoms with Crippen molar-refractivity contribution >= 4 is 5.91 Å². The van der Waals surface area contributed by atoms with Crippen LogP contribution in [0.15, 0.2) is 0 Å². The summed E-state index contributed by atoms with van der Waals surface area (Å²) in [5, 5.41) is 22.0. The van der Waals surface area contributed by atoms with Gasteiger partial charge in [0.15, 0.2) is 0 Å². The average molecular weight is 258 g/mol. The molecule has 6 heteroatoms. The quantitative estimate of drug-likeness (QED) is 0.584. The van der Waals surface area contributed by atoms with Gasteiger partial charge in [-0.1, -0.05) is 0 Å².